The molecule has 2 aliphatic rings. The van der Waals surface area contributed by atoms with Gasteiger partial charge < -0.3 is 14.8 Å². The molecule has 138 valence electrons. The lowest BCUT2D eigenvalue weighted by atomic mass is 9.99. The second-order valence-corrected chi connectivity index (χ2v) is 7.23. The molecule has 0 atom stereocenters. The Balaban J connectivity index is 1.81. The fourth-order valence-electron chi connectivity index (χ4n) is 3.10. The summed E-state index contributed by atoms with van der Waals surface area (Å²) in [5, 5.41) is 17.6. The predicted octanol–water partition coefficient (Wildman–Crippen LogP) is 2.46. The van der Waals surface area contributed by atoms with Crippen LogP contribution in [-0.4, -0.2) is 42.6 Å². The minimum atomic E-state index is -0.333. The third kappa shape index (κ3) is 4.07. The maximum absolute atomic E-state index is 12.6. The minimum Gasteiger partial charge on any atom is -0.493 e. The van der Waals surface area contributed by atoms with E-state index in [9.17, 15) is 4.79 Å². The first-order valence-corrected chi connectivity index (χ1v) is 8.83. The second kappa shape index (κ2) is 7.24. The Morgan fingerprint density at radius 2 is 2.31 bits per heavy atom. The Morgan fingerprint density at radius 1 is 1.50 bits per heavy atom. The molecule has 0 saturated heterocycles. The molecular weight excluding hydrogens is 332 g/mol. The zero-order chi connectivity index (χ0) is 18.7. The van der Waals surface area contributed by atoms with E-state index in [0.29, 0.717) is 48.8 Å². The number of rotatable bonds is 5. The van der Waals surface area contributed by atoms with Gasteiger partial charge in [-0.3, -0.25) is 9.80 Å². The number of carbonyl (C=O) groups is 1. The molecular formula is C19H24N4O3. The van der Waals surface area contributed by atoms with E-state index in [1.807, 2.05) is 20.9 Å². The summed E-state index contributed by atoms with van der Waals surface area (Å²) in [5.41, 5.74) is 1.12. The van der Waals surface area contributed by atoms with Gasteiger partial charge in [-0.2, -0.15) is 10.4 Å². The quantitative estimate of drug-likeness (QED) is 0.819. The van der Waals surface area contributed by atoms with Crippen LogP contribution in [0.5, 0.6) is 11.5 Å². The van der Waals surface area contributed by atoms with Crippen LogP contribution in [0.4, 0.5) is 0 Å². The lowest BCUT2D eigenvalue weighted by Crippen LogP contribution is -2.29. The van der Waals surface area contributed by atoms with E-state index < -0.39 is 0 Å². The molecule has 0 fully saturated rings. The average Bonchev–Trinajstić information content (AvgIpc) is 3.12. The molecule has 1 aromatic rings. The fourth-order valence-corrected chi connectivity index (χ4v) is 3.10. The van der Waals surface area contributed by atoms with Crippen molar-refractivity contribution >= 4 is 11.7 Å². The van der Waals surface area contributed by atoms with Crippen molar-refractivity contribution in [2.24, 2.45) is 5.10 Å². The molecule has 7 heteroatoms. The number of nitrogens with zero attached hydrogens (tertiary/aromatic N) is 3. The number of unbranched alkanes of at least 4 members (excludes halogenated alkanes) is 1. The molecule has 2 heterocycles. The molecule has 26 heavy (non-hydrogen) atoms. The van der Waals surface area contributed by atoms with Gasteiger partial charge in [0, 0.05) is 44.0 Å². The number of hydrogen-bond donors (Lipinski definition) is 1. The van der Waals surface area contributed by atoms with Crippen LogP contribution >= 0.6 is 0 Å². The van der Waals surface area contributed by atoms with Gasteiger partial charge in [0.05, 0.1) is 12.7 Å². The summed E-state index contributed by atoms with van der Waals surface area (Å²) in [6.07, 6.45) is 2.52. The number of amides is 1. The molecule has 1 aromatic carbocycles. The van der Waals surface area contributed by atoms with Crippen molar-refractivity contribution in [3.05, 3.63) is 23.3 Å². The first-order chi connectivity index (χ1) is 12.4. The molecule has 0 radical (unpaired) electrons. The topological polar surface area (TPSA) is 87.0 Å². The SMILES string of the molecule is CN1CCC(NC(=O)c2cc(OCCCC#N)c3c(c2)OC(C)(C)C3)=N1. The normalized spacial score (nSPS) is 17.2. The maximum Gasteiger partial charge on any atom is 0.256 e. The predicted molar refractivity (Wildman–Crippen MR) is 97.3 cm³/mol. The van der Waals surface area contributed by atoms with E-state index in [1.165, 1.54) is 0 Å². The number of hydrazone groups is 1. The first-order valence-electron chi connectivity index (χ1n) is 8.83. The lowest BCUT2D eigenvalue weighted by molar-refractivity contribution is 0.0974. The lowest BCUT2D eigenvalue weighted by Gasteiger charge is -2.16. The molecule has 0 bridgehead atoms. The number of amidine groups is 1. The standard InChI is InChI=1S/C19H24N4O3/c1-19(2)12-14-15(25-9-5-4-7-20)10-13(11-16(14)26-19)18(24)21-17-6-8-23(3)22-17/h10-11H,4-6,8-9,12H2,1-3H3,(H,21,22,24). The molecule has 1 amide bonds. The van der Waals surface area contributed by atoms with Crippen molar-refractivity contribution in [1.29, 1.82) is 5.26 Å². The van der Waals surface area contributed by atoms with Crippen molar-refractivity contribution in [1.82, 2.24) is 10.3 Å². The van der Waals surface area contributed by atoms with E-state index in [4.69, 9.17) is 14.7 Å². The molecule has 1 N–H and O–H groups in total. The summed E-state index contributed by atoms with van der Waals surface area (Å²) in [6.45, 7) is 5.25. The minimum absolute atomic E-state index is 0.225. The van der Waals surface area contributed by atoms with Gasteiger partial charge in [-0.15, -0.1) is 0 Å². The van der Waals surface area contributed by atoms with Gasteiger partial charge in [-0.1, -0.05) is 0 Å². The number of benzene rings is 1. The van der Waals surface area contributed by atoms with Crippen LogP contribution in [0.25, 0.3) is 0 Å². The van der Waals surface area contributed by atoms with Crippen molar-refractivity contribution in [3.63, 3.8) is 0 Å². The van der Waals surface area contributed by atoms with Gasteiger partial charge in [-0.05, 0) is 32.4 Å². The molecule has 3 rings (SSSR count). The second-order valence-electron chi connectivity index (χ2n) is 7.23. The van der Waals surface area contributed by atoms with Gasteiger partial charge in [0.15, 0.2) is 0 Å². The van der Waals surface area contributed by atoms with Crippen molar-refractivity contribution < 1.29 is 14.3 Å². The van der Waals surface area contributed by atoms with Gasteiger partial charge in [-0.25, -0.2) is 0 Å². The number of hydrogen-bond acceptors (Lipinski definition) is 6. The van der Waals surface area contributed by atoms with Crippen LogP contribution in [0.1, 0.15) is 49.0 Å². The molecule has 7 nitrogen and oxygen atoms in total. The molecule has 0 unspecified atom stereocenters. The monoisotopic (exact) mass is 356 g/mol. The van der Waals surface area contributed by atoms with Gasteiger partial charge in [0.2, 0.25) is 0 Å². The third-order valence-electron chi connectivity index (χ3n) is 4.33. The summed E-state index contributed by atoms with van der Waals surface area (Å²) >= 11 is 0. The van der Waals surface area contributed by atoms with Gasteiger partial charge in [0.1, 0.15) is 22.9 Å². The number of nitriles is 1. The van der Waals surface area contributed by atoms with Gasteiger partial charge in [0.25, 0.3) is 5.91 Å². The van der Waals surface area contributed by atoms with Crippen LogP contribution in [0, 0.1) is 11.3 Å². The smallest absolute Gasteiger partial charge is 0.256 e. The van der Waals surface area contributed by atoms with Crippen molar-refractivity contribution in [2.45, 2.75) is 45.1 Å². The van der Waals surface area contributed by atoms with Crippen LogP contribution in [0.15, 0.2) is 17.2 Å². The zero-order valence-electron chi connectivity index (χ0n) is 15.5. The van der Waals surface area contributed by atoms with Crippen molar-refractivity contribution in [2.75, 3.05) is 20.2 Å². The van der Waals surface area contributed by atoms with Gasteiger partial charge >= 0.3 is 0 Å². The summed E-state index contributed by atoms with van der Waals surface area (Å²) in [4.78, 5) is 12.6. The van der Waals surface area contributed by atoms with Crippen molar-refractivity contribution in [3.8, 4) is 17.6 Å². The van der Waals surface area contributed by atoms with Crippen LogP contribution in [-0.2, 0) is 6.42 Å². The number of nitrogens with one attached hydrogen (secondary N) is 1. The molecule has 2 aliphatic heterocycles. The fraction of sp³-hybridized carbons (Fsp3) is 0.526. The Kier molecular flexibility index (Phi) is 5.03. The molecule has 0 spiro atoms. The Bertz CT molecular complexity index is 780. The summed E-state index contributed by atoms with van der Waals surface area (Å²) in [5.74, 6) is 1.78. The highest BCUT2D eigenvalue weighted by atomic mass is 16.5. The maximum atomic E-state index is 12.6. The van der Waals surface area contributed by atoms with Crippen LogP contribution in [0.3, 0.4) is 0 Å². The van der Waals surface area contributed by atoms with Crippen LogP contribution in [0.2, 0.25) is 0 Å². The highest BCUT2D eigenvalue weighted by Crippen LogP contribution is 2.41. The van der Waals surface area contributed by atoms with E-state index in [2.05, 4.69) is 16.5 Å². The average molecular weight is 356 g/mol. The third-order valence-corrected chi connectivity index (χ3v) is 4.33. The molecule has 0 saturated carbocycles. The zero-order valence-corrected chi connectivity index (χ0v) is 15.5. The largest absolute Gasteiger partial charge is 0.493 e. The summed E-state index contributed by atoms with van der Waals surface area (Å²) in [6, 6.07) is 5.63. The van der Waals surface area contributed by atoms with E-state index in [-0.39, 0.29) is 11.5 Å². The number of fused-ring (bicyclic) bond motifs is 1. The van der Waals surface area contributed by atoms with E-state index >= 15 is 0 Å². The highest BCUT2D eigenvalue weighted by Gasteiger charge is 2.33. The number of ether oxygens (including phenoxy) is 2. The first kappa shape index (κ1) is 18.1. The Morgan fingerprint density at radius 3 is 3.00 bits per heavy atom. The van der Waals surface area contributed by atoms with Crippen LogP contribution < -0.4 is 14.8 Å². The summed E-state index contributed by atoms with van der Waals surface area (Å²) < 4.78 is 11.9. The molecule has 0 aromatic heterocycles. The summed E-state index contributed by atoms with van der Waals surface area (Å²) in [7, 11) is 1.87. The van der Waals surface area contributed by atoms with E-state index in [0.717, 1.165) is 18.5 Å². The van der Waals surface area contributed by atoms with E-state index in [1.54, 1.807) is 17.1 Å². The Hall–Kier alpha value is -2.75. The number of carbonyl (C=O) groups excluding carboxylic acids is 1. The highest BCUT2D eigenvalue weighted by molar-refractivity contribution is 6.07. The molecule has 0 aliphatic carbocycles. The Labute approximate surface area is 153 Å².